The van der Waals surface area contributed by atoms with Gasteiger partial charge in [-0.25, -0.2) is 0 Å². The van der Waals surface area contributed by atoms with Gasteiger partial charge < -0.3 is 15.3 Å². The Bertz CT molecular complexity index is 683. The van der Waals surface area contributed by atoms with E-state index in [0.29, 0.717) is 5.82 Å². The quantitative estimate of drug-likeness (QED) is 0.409. The Kier molecular flexibility index (Phi) is 4.09. The number of rotatable bonds is 5. The molecule has 4 N–H and O–H groups in total. The van der Waals surface area contributed by atoms with Gasteiger partial charge in [-0.2, -0.15) is 4.98 Å². The minimum Gasteiger partial charge on any atom is -0.343 e. The van der Waals surface area contributed by atoms with Crippen LogP contribution in [0.1, 0.15) is 22.1 Å². The summed E-state index contributed by atoms with van der Waals surface area (Å²) < 4.78 is 4.84. The molecular formula is C11H12N6O4. The van der Waals surface area contributed by atoms with E-state index >= 15 is 0 Å². The van der Waals surface area contributed by atoms with Gasteiger partial charge >= 0.3 is 0 Å². The van der Waals surface area contributed by atoms with Crippen LogP contribution in [0.3, 0.4) is 0 Å². The summed E-state index contributed by atoms with van der Waals surface area (Å²) in [4.78, 5) is 26.2. The average Bonchev–Trinajstić information content (AvgIpc) is 2.89. The first-order valence-electron chi connectivity index (χ1n) is 5.84. The number of carbonyl (C=O) groups excluding carboxylic acids is 1. The third-order valence-electron chi connectivity index (χ3n) is 2.60. The van der Waals surface area contributed by atoms with E-state index in [-0.39, 0.29) is 29.4 Å². The van der Waals surface area contributed by atoms with Gasteiger partial charge in [-0.15, -0.1) is 0 Å². The summed E-state index contributed by atoms with van der Waals surface area (Å²) in [6.45, 7) is 1.65. The first-order chi connectivity index (χ1) is 10.0. The Morgan fingerprint density at radius 3 is 2.86 bits per heavy atom. The summed E-state index contributed by atoms with van der Waals surface area (Å²) >= 11 is 0. The monoisotopic (exact) mass is 292 g/mol. The second-order valence-corrected chi connectivity index (χ2v) is 4.02. The maximum atomic E-state index is 12.1. The van der Waals surface area contributed by atoms with Gasteiger partial charge in [-0.3, -0.25) is 20.8 Å². The molecule has 21 heavy (non-hydrogen) atoms. The van der Waals surface area contributed by atoms with Crippen LogP contribution in [-0.4, -0.2) is 21.0 Å². The van der Waals surface area contributed by atoms with Gasteiger partial charge in [-0.05, 0) is 13.0 Å². The Labute approximate surface area is 118 Å². The number of nitrogen functional groups attached to an aromatic ring is 1. The number of nitrogens with zero attached hydrogens (tertiary/aromatic N) is 3. The van der Waals surface area contributed by atoms with E-state index < -0.39 is 10.8 Å². The summed E-state index contributed by atoms with van der Waals surface area (Å²) in [7, 11) is 0. The molecule has 0 unspecified atom stereocenters. The van der Waals surface area contributed by atoms with E-state index in [9.17, 15) is 14.9 Å². The topological polar surface area (TPSA) is 149 Å². The molecule has 1 amide bonds. The summed E-state index contributed by atoms with van der Waals surface area (Å²) in [6, 6.07) is 4.05. The van der Waals surface area contributed by atoms with Crippen molar-refractivity contribution >= 4 is 17.3 Å². The Morgan fingerprint density at radius 1 is 1.52 bits per heavy atom. The van der Waals surface area contributed by atoms with E-state index in [0.717, 1.165) is 0 Å². The van der Waals surface area contributed by atoms with Crippen molar-refractivity contribution in [2.24, 2.45) is 5.84 Å². The number of benzene rings is 1. The predicted molar refractivity (Wildman–Crippen MR) is 71.1 cm³/mol. The van der Waals surface area contributed by atoms with Crippen LogP contribution in [0, 0.1) is 17.0 Å². The lowest BCUT2D eigenvalue weighted by molar-refractivity contribution is -0.384. The molecule has 1 aromatic heterocycles. The summed E-state index contributed by atoms with van der Waals surface area (Å²) in [6.07, 6.45) is 0. The van der Waals surface area contributed by atoms with Crippen molar-refractivity contribution in [3.05, 3.63) is 45.6 Å². The van der Waals surface area contributed by atoms with Crippen LogP contribution in [0.2, 0.25) is 0 Å². The fraction of sp³-hybridized carbons (Fsp3) is 0.182. The maximum Gasteiger partial charge on any atom is 0.294 e. The van der Waals surface area contributed by atoms with Crippen LogP contribution in [0.5, 0.6) is 0 Å². The minimum atomic E-state index is -0.632. The molecule has 0 atom stereocenters. The normalized spacial score (nSPS) is 10.2. The molecule has 0 aliphatic heterocycles. The van der Waals surface area contributed by atoms with Crippen LogP contribution >= 0.6 is 0 Å². The van der Waals surface area contributed by atoms with Crippen molar-refractivity contribution in [3.8, 4) is 0 Å². The highest BCUT2D eigenvalue weighted by molar-refractivity contribution is 6.01. The lowest BCUT2D eigenvalue weighted by atomic mass is 10.1. The highest BCUT2D eigenvalue weighted by Gasteiger charge is 2.21. The zero-order valence-corrected chi connectivity index (χ0v) is 11.0. The van der Waals surface area contributed by atoms with Crippen molar-refractivity contribution in [2.75, 3.05) is 5.43 Å². The smallest absolute Gasteiger partial charge is 0.294 e. The van der Waals surface area contributed by atoms with Crippen LogP contribution < -0.4 is 16.6 Å². The molecule has 2 aromatic rings. The zero-order valence-electron chi connectivity index (χ0n) is 11.0. The molecule has 0 aliphatic carbocycles. The fourth-order valence-corrected chi connectivity index (χ4v) is 1.70. The number of aryl methyl sites for hydroxylation is 1. The number of hydrogen-bond donors (Lipinski definition) is 3. The van der Waals surface area contributed by atoms with E-state index in [1.807, 2.05) is 0 Å². The molecule has 110 valence electrons. The average molecular weight is 292 g/mol. The maximum absolute atomic E-state index is 12.1. The number of anilines is 1. The first kappa shape index (κ1) is 14.4. The zero-order chi connectivity index (χ0) is 15.4. The largest absolute Gasteiger partial charge is 0.343 e. The number of nitro groups is 1. The second-order valence-electron chi connectivity index (χ2n) is 4.02. The number of hydrogen-bond acceptors (Lipinski definition) is 8. The van der Waals surface area contributed by atoms with Crippen LogP contribution in [0.25, 0.3) is 0 Å². The number of hydrazine groups is 1. The number of aromatic nitrogens is 2. The molecule has 0 bridgehead atoms. The molecule has 0 fully saturated rings. The lowest BCUT2D eigenvalue weighted by Gasteiger charge is -2.08. The number of nitrogens with one attached hydrogen (secondary N) is 2. The Balaban J connectivity index is 2.19. The minimum absolute atomic E-state index is 0.00633. The van der Waals surface area contributed by atoms with E-state index in [4.69, 9.17) is 10.4 Å². The molecule has 10 nitrogen and oxygen atoms in total. The van der Waals surface area contributed by atoms with Crippen molar-refractivity contribution in [3.63, 3.8) is 0 Å². The summed E-state index contributed by atoms with van der Waals surface area (Å²) in [5.41, 5.74) is 1.86. The summed E-state index contributed by atoms with van der Waals surface area (Å²) in [5.74, 6) is 5.38. The molecule has 0 spiro atoms. The molecule has 10 heteroatoms. The van der Waals surface area contributed by atoms with Crippen molar-refractivity contribution in [2.45, 2.75) is 13.5 Å². The standard InChI is InChI=1S/C11H12N6O4/c1-6-14-9(21-16-6)5-13-11(18)7-3-2-4-8(17(19)20)10(7)15-12/h2-4,15H,5,12H2,1H3,(H,13,18). The van der Waals surface area contributed by atoms with Gasteiger partial charge in [0, 0.05) is 6.07 Å². The van der Waals surface area contributed by atoms with E-state index in [1.54, 1.807) is 6.92 Å². The van der Waals surface area contributed by atoms with Crippen LogP contribution in [0.4, 0.5) is 11.4 Å². The second kappa shape index (κ2) is 5.96. The first-order valence-corrected chi connectivity index (χ1v) is 5.84. The van der Waals surface area contributed by atoms with Crippen LogP contribution in [-0.2, 0) is 6.54 Å². The number of carbonyl (C=O) groups is 1. The van der Waals surface area contributed by atoms with Crippen molar-refractivity contribution in [1.29, 1.82) is 0 Å². The Morgan fingerprint density at radius 2 is 2.29 bits per heavy atom. The predicted octanol–water partition coefficient (Wildman–Crippen LogP) is 0.502. The third-order valence-corrected chi connectivity index (χ3v) is 2.60. The molecule has 2 rings (SSSR count). The molecule has 0 saturated carbocycles. The van der Waals surface area contributed by atoms with E-state index in [1.165, 1.54) is 18.2 Å². The van der Waals surface area contributed by atoms with Crippen molar-refractivity contribution < 1.29 is 14.2 Å². The van der Waals surface area contributed by atoms with Gasteiger partial charge in [-0.1, -0.05) is 11.2 Å². The molecule has 0 saturated heterocycles. The Hall–Kier alpha value is -3.01. The van der Waals surface area contributed by atoms with Gasteiger partial charge in [0.1, 0.15) is 5.69 Å². The highest BCUT2D eigenvalue weighted by atomic mass is 16.6. The van der Waals surface area contributed by atoms with Crippen LogP contribution in [0.15, 0.2) is 22.7 Å². The SMILES string of the molecule is Cc1noc(CNC(=O)c2cccc([N+](=O)[O-])c2NN)n1. The molecule has 1 aromatic carbocycles. The summed E-state index contributed by atoms with van der Waals surface area (Å²) in [5, 5.41) is 17.0. The number of amides is 1. The van der Waals surface area contributed by atoms with Gasteiger partial charge in [0.25, 0.3) is 11.6 Å². The molecule has 0 radical (unpaired) electrons. The lowest BCUT2D eigenvalue weighted by Crippen LogP contribution is -2.25. The number of nitrogens with two attached hydrogens (primary N) is 1. The fourth-order valence-electron chi connectivity index (χ4n) is 1.70. The number of para-hydroxylation sites is 1. The van der Waals surface area contributed by atoms with Crippen molar-refractivity contribution in [1.82, 2.24) is 15.5 Å². The van der Waals surface area contributed by atoms with Gasteiger partial charge in [0.05, 0.1) is 17.0 Å². The third kappa shape index (κ3) is 3.12. The molecule has 0 aliphatic rings. The van der Waals surface area contributed by atoms with Gasteiger partial charge in [0.2, 0.25) is 5.89 Å². The van der Waals surface area contributed by atoms with E-state index in [2.05, 4.69) is 20.9 Å². The van der Waals surface area contributed by atoms with Gasteiger partial charge in [0.15, 0.2) is 5.82 Å². The highest BCUT2D eigenvalue weighted by Crippen LogP contribution is 2.27. The molecular weight excluding hydrogens is 280 g/mol. The number of nitro benzene ring substituents is 1. The molecule has 1 heterocycles.